The Bertz CT molecular complexity index is 971. The summed E-state index contributed by atoms with van der Waals surface area (Å²) in [4.78, 5) is 35.5. The van der Waals surface area contributed by atoms with Gasteiger partial charge in [-0.3, -0.25) is 14.4 Å². The van der Waals surface area contributed by atoms with E-state index in [9.17, 15) is 18.8 Å². The first-order valence-corrected chi connectivity index (χ1v) is 11.0. The number of rotatable bonds is 9. The summed E-state index contributed by atoms with van der Waals surface area (Å²) >= 11 is 5.87. The molecule has 0 radical (unpaired) electrons. The van der Waals surface area contributed by atoms with Crippen LogP contribution >= 0.6 is 11.6 Å². The van der Waals surface area contributed by atoms with E-state index < -0.39 is 17.7 Å². The smallest absolute Gasteiger partial charge is 0.306 e. The zero-order valence-electron chi connectivity index (χ0n) is 17.5. The van der Waals surface area contributed by atoms with Crippen LogP contribution in [0.15, 0.2) is 42.5 Å². The summed E-state index contributed by atoms with van der Waals surface area (Å²) in [5, 5.41) is 11.8. The molecule has 0 bridgehead atoms. The van der Waals surface area contributed by atoms with Crippen LogP contribution in [0.3, 0.4) is 0 Å². The number of benzene rings is 2. The van der Waals surface area contributed by atoms with Crippen LogP contribution in [0.1, 0.15) is 59.2 Å². The molecule has 2 aromatic rings. The van der Waals surface area contributed by atoms with E-state index in [1.54, 1.807) is 24.3 Å². The van der Waals surface area contributed by atoms with Gasteiger partial charge in [-0.15, -0.1) is 0 Å². The van der Waals surface area contributed by atoms with Crippen LogP contribution in [0.25, 0.3) is 0 Å². The average molecular weight is 462 g/mol. The van der Waals surface area contributed by atoms with E-state index in [0.717, 1.165) is 6.07 Å². The van der Waals surface area contributed by atoms with Crippen molar-refractivity contribution in [1.82, 2.24) is 5.32 Å². The number of nitrogens with one attached hydrogen (secondary N) is 1. The summed E-state index contributed by atoms with van der Waals surface area (Å²) in [7, 11) is 0. The number of hydrogen-bond acceptors (Lipinski definition) is 4. The Labute approximate surface area is 190 Å². The third-order valence-electron chi connectivity index (χ3n) is 5.54. The summed E-state index contributed by atoms with van der Waals surface area (Å²) in [5.74, 6) is -1.35. The Morgan fingerprint density at radius 3 is 2.38 bits per heavy atom. The van der Waals surface area contributed by atoms with Crippen LogP contribution < -0.4 is 10.1 Å². The lowest BCUT2D eigenvalue weighted by molar-refractivity contribution is -0.143. The van der Waals surface area contributed by atoms with Crippen LogP contribution in [0.2, 0.25) is 5.02 Å². The minimum Gasteiger partial charge on any atom is -0.490 e. The fourth-order valence-corrected chi connectivity index (χ4v) is 3.96. The molecule has 1 amide bonds. The molecule has 0 aromatic heterocycles. The lowest BCUT2D eigenvalue weighted by atomic mass is 9.87. The number of carboxylic acids is 1. The largest absolute Gasteiger partial charge is 0.490 e. The first-order chi connectivity index (χ1) is 15.3. The fourth-order valence-electron chi connectivity index (χ4n) is 3.70. The highest BCUT2D eigenvalue weighted by atomic mass is 35.5. The summed E-state index contributed by atoms with van der Waals surface area (Å²) in [6, 6.07) is 10.5. The second kappa shape index (κ2) is 11.1. The number of ether oxygens (including phenoxy) is 1. The Hall–Kier alpha value is -2.93. The summed E-state index contributed by atoms with van der Waals surface area (Å²) < 4.78 is 19.0. The van der Waals surface area contributed by atoms with Gasteiger partial charge in [-0.2, -0.15) is 0 Å². The molecule has 0 unspecified atom stereocenters. The summed E-state index contributed by atoms with van der Waals surface area (Å²) in [6.07, 6.45) is 3.33. The molecule has 1 aliphatic rings. The molecule has 2 aromatic carbocycles. The number of carboxylic acid groups (broad SMARTS) is 1. The van der Waals surface area contributed by atoms with Gasteiger partial charge in [-0.05, 0) is 74.6 Å². The topological polar surface area (TPSA) is 92.7 Å². The van der Waals surface area contributed by atoms with E-state index in [0.29, 0.717) is 50.0 Å². The molecule has 6 nitrogen and oxygen atoms in total. The van der Waals surface area contributed by atoms with Crippen LogP contribution in [0.5, 0.6) is 5.75 Å². The number of carbonyl (C=O) groups is 3. The predicted octanol–water partition coefficient (Wildman–Crippen LogP) is 4.89. The second-order valence-electron chi connectivity index (χ2n) is 7.86. The average Bonchev–Trinajstić information content (AvgIpc) is 2.77. The molecule has 32 heavy (non-hydrogen) atoms. The Morgan fingerprint density at radius 2 is 1.75 bits per heavy atom. The minimum atomic E-state index is -0.745. The number of halogens is 2. The highest BCUT2D eigenvalue weighted by Gasteiger charge is 2.26. The van der Waals surface area contributed by atoms with Gasteiger partial charge in [-0.1, -0.05) is 11.6 Å². The molecule has 1 saturated carbocycles. The maximum atomic E-state index is 13.1. The SMILES string of the molecule is O=C(CCCNC(=O)c1ccc(F)cc1Cl)c1ccc(OC2CCC(C(=O)O)CC2)cc1. The molecule has 8 heteroatoms. The molecule has 1 aliphatic carbocycles. The van der Waals surface area contributed by atoms with E-state index in [1.165, 1.54) is 12.1 Å². The van der Waals surface area contributed by atoms with Crippen molar-refractivity contribution >= 4 is 29.3 Å². The first-order valence-electron chi connectivity index (χ1n) is 10.6. The van der Waals surface area contributed by atoms with Crippen molar-refractivity contribution in [2.24, 2.45) is 5.92 Å². The molecule has 0 atom stereocenters. The van der Waals surface area contributed by atoms with Gasteiger partial charge in [0.1, 0.15) is 11.6 Å². The van der Waals surface area contributed by atoms with Gasteiger partial charge in [0.15, 0.2) is 5.78 Å². The zero-order valence-corrected chi connectivity index (χ0v) is 18.2. The van der Waals surface area contributed by atoms with E-state index in [1.807, 2.05) is 0 Å². The molecule has 170 valence electrons. The molecule has 1 fully saturated rings. The monoisotopic (exact) mass is 461 g/mol. The van der Waals surface area contributed by atoms with Gasteiger partial charge >= 0.3 is 5.97 Å². The van der Waals surface area contributed by atoms with Crippen molar-refractivity contribution in [2.45, 2.75) is 44.6 Å². The van der Waals surface area contributed by atoms with Gasteiger partial charge in [0.05, 0.1) is 22.6 Å². The van der Waals surface area contributed by atoms with Crippen molar-refractivity contribution < 1.29 is 28.6 Å². The number of carbonyl (C=O) groups excluding carboxylic acids is 2. The van der Waals surface area contributed by atoms with Crippen molar-refractivity contribution in [3.05, 3.63) is 64.4 Å². The number of aliphatic carboxylic acids is 1. The number of hydrogen-bond donors (Lipinski definition) is 2. The lowest BCUT2D eigenvalue weighted by Crippen LogP contribution is -2.27. The van der Waals surface area contributed by atoms with E-state index in [4.69, 9.17) is 21.4 Å². The molecule has 0 heterocycles. The standard InChI is InChI=1S/C24H25ClFNO5/c25-21-14-17(26)7-12-20(21)23(29)27-13-1-2-22(28)15-3-8-18(9-4-15)32-19-10-5-16(6-11-19)24(30)31/h3-4,7-9,12,14,16,19H,1-2,5-6,10-11,13H2,(H,27,29)(H,30,31). The van der Waals surface area contributed by atoms with Gasteiger partial charge in [-0.25, -0.2) is 4.39 Å². The second-order valence-corrected chi connectivity index (χ2v) is 8.27. The Kier molecular flexibility index (Phi) is 8.22. The zero-order chi connectivity index (χ0) is 23.1. The van der Waals surface area contributed by atoms with Gasteiger partial charge in [0.25, 0.3) is 5.91 Å². The number of Topliss-reactive ketones (excluding diaryl/α,β-unsaturated/α-hetero) is 1. The molecule has 2 N–H and O–H groups in total. The van der Waals surface area contributed by atoms with Gasteiger partial charge in [0.2, 0.25) is 0 Å². The predicted molar refractivity (Wildman–Crippen MR) is 118 cm³/mol. The lowest BCUT2D eigenvalue weighted by Gasteiger charge is -2.26. The maximum absolute atomic E-state index is 13.1. The maximum Gasteiger partial charge on any atom is 0.306 e. The highest BCUT2D eigenvalue weighted by Crippen LogP contribution is 2.28. The van der Waals surface area contributed by atoms with Crippen LogP contribution in [-0.2, 0) is 4.79 Å². The van der Waals surface area contributed by atoms with Crippen LogP contribution in [0.4, 0.5) is 4.39 Å². The minimum absolute atomic E-state index is 0.00891. The Balaban J connectivity index is 1.40. The number of amides is 1. The van der Waals surface area contributed by atoms with Gasteiger partial charge < -0.3 is 15.2 Å². The van der Waals surface area contributed by atoms with E-state index in [2.05, 4.69) is 5.32 Å². The first kappa shape index (κ1) is 23.7. The third-order valence-corrected chi connectivity index (χ3v) is 5.86. The van der Waals surface area contributed by atoms with Crippen LogP contribution in [0, 0.1) is 11.7 Å². The normalized spacial score (nSPS) is 18.1. The van der Waals surface area contributed by atoms with Crippen molar-refractivity contribution in [1.29, 1.82) is 0 Å². The molecule has 3 rings (SSSR count). The molecule has 0 saturated heterocycles. The third kappa shape index (κ3) is 6.53. The van der Waals surface area contributed by atoms with E-state index >= 15 is 0 Å². The van der Waals surface area contributed by atoms with E-state index in [-0.39, 0.29) is 34.8 Å². The van der Waals surface area contributed by atoms with Gasteiger partial charge in [0, 0.05) is 18.5 Å². The highest BCUT2D eigenvalue weighted by molar-refractivity contribution is 6.33. The number of ketones is 1. The quantitative estimate of drug-likeness (QED) is 0.409. The Morgan fingerprint density at radius 1 is 1.06 bits per heavy atom. The van der Waals surface area contributed by atoms with Crippen molar-refractivity contribution in [3.63, 3.8) is 0 Å². The fraction of sp³-hybridized carbons (Fsp3) is 0.375. The molecular weight excluding hydrogens is 437 g/mol. The van der Waals surface area contributed by atoms with Crippen LogP contribution in [-0.4, -0.2) is 35.4 Å². The summed E-state index contributed by atoms with van der Waals surface area (Å²) in [5.41, 5.74) is 0.742. The summed E-state index contributed by atoms with van der Waals surface area (Å²) in [6.45, 7) is 0.290. The molecule has 0 aliphatic heterocycles. The molecule has 0 spiro atoms. The van der Waals surface area contributed by atoms with Crippen molar-refractivity contribution in [2.75, 3.05) is 6.54 Å². The van der Waals surface area contributed by atoms with Crippen molar-refractivity contribution in [3.8, 4) is 5.75 Å². The molecular formula is C24H25ClFNO5.